The Bertz CT molecular complexity index is 496. The van der Waals surface area contributed by atoms with E-state index in [2.05, 4.69) is 44.0 Å². The van der Waals surface area contributed by atoms with Crippen LogP contribution in [0.25, 0.3) is 0 Å². The maximum atomic E-state index is 2.86. The smallest absolute Gasteiger partial charge is 0.0106 e. The lowest BCUT2D eigenvalue weighted by atomic mass is 10.1. The summed E-state index contributed by atoms with van der Waals surface area (Å²) in [6.07, 6.45) is 7.75. The molecule has 1 aromatic carbocycles. The summed E-state index contributed by atoms with van der Waals surface area (Å²) >= 11 is 0. The Morgan fingerprint density at radius 2 is 1.10 bits per heavy atom. The second-order valence-electron chi connectivity index (χ2n) is 4.90. The first-order valence-electron chi connectivity index (χ1n) is 6.77. The Balaban J connectivity index is 0.000000158. The summed E-state index contributed by atoms with van der Waals surface area (Å²) in [7, 11) is 2.00. The Morgan fingerprint density at radius 3 is 1.30 bits per heavy atom. The van der Waals surface area contributed by atoms with Gasteiger partial charge in [0.25, 0.3) is 0 Å². The summed E-state index contributed by atoms with van der Waals surface area (Å²) in [6.45, 7) is 6.38. The molecule has 0 amide bonds. The molecule has 20 heavy (non-hydrogen) atoms. The van der Waals surface area contributed by atoms with Gasteiger partial charge < -0.3 is 9.55 Å². The van der Waals surface area contributed by atoms with Gasteiger partial charge in [-0.1, -0.05) is 34.9 Å². The molecule has 0 atom stereocenters. The third kappa shape index (κ3) is 7.27. The van der Waals surface area contributed by atoms with E-state index in [0.717, 1.165) is 0 Å². The normalized spacial score (nSPS) is 9.00. The molecule has 0 saturated carbocycles. The molecule has 0 bridgehead atoms. The van der Waals surface area contributed by atoms with Crippen LogP contribution < -0.4 is 0 Å². The maximum absolute atomic E-state index is 2.86. The molecule has 0 radical (unpaired) electrons. The average Bonchev–Trinajstić information content (AvgIpc) is 3.02. The van der Waals surface area contributed by atoms with Crippen LogP contribution in [0.3, 0.4) is 0 Å². The number of H-pyrrole nitrogens is 1. The minimum absolute atomic E-state index is 1.35. The molecular weight excluding hydrogens is 244 g/mol. The zero-order valence-electron chi connectivity index (χ0n) is 12.8. The number of aromatic nitrogens is 2. The van der Waals surface area contributed by atoms with Crippen LogP contribution in [0.1, 0.15) is 16.7 Å². The molecule has 3 aromatic rings. The number of rotatable bonds is 0. The highest BCUT2D eigenvalue weighted by molar-refractivity contribution is 5.27. The monoisotopic (exact) mass is 268 g/mol. The lowest BCUT2D eigenvalue weighted by Gasteiger charge is -1.96. The minimum atomic E-state index is 1.35. The van der Waals surface area contributed by atoms with E-state index in [1.54, 1.807) is 0 Å². The number of aromatic amines is 1. The quantitative estimate of drug-likeness (QED) is 0.612. The second-order valence-corrected chi connectivity index (χ2v) is 4.90. The molecule has 0 aliphatic heterocycles. The van der Waals surface area contributed by atoms with Gasteiger partial charge in [0.05, 0.1) is 0 Å². The van der Waals surface area contributed by atoms with Gasteiger partial charge in [-0.3, -0.25) is 0 Å². The molecule has 0 aliphatic carbocycles. The topological polar surface area (TPSA) is 20.7 Å². The lowest BCUT2D eigenvalue weighted by Crippen LogP contribution is -1.78. The maximum Gasteiger partial charge on any atom is 0.0106 e. The van der Waals surface area contributed by atoms with Crippen molar-refractivity contribution in [3.63, 3.8) is 0 Å². The van der Waals surface area contributed by atoms with Crippen molar-refractivity contribution in [3.05, 3.63) is 83.9 Å². The largest absolute Gasteiger partial charge is 0.368 e. The highest BCUT2D eigenvalue weighted by Gasteiger charge is 1.87. The number of aryl methyl sites for hydroxylation is 4. The Morgan fingerprint density at radius 1 is 0.700 bits per heavy atom. The van der Waals surface area contributed by atoms with Crippen molar-refractivity contribution in [2.24, 2.45) is 7.05 Å². The van der Waals surface area contributed by atoms with E-state index in [1.807, 2.05) is 60.7 Å². The molecule has 0 aliphatic rings. The molecule has 0 unspecified atom stereocenters. The first-order chi connectivity index (χ1) is 9.58. The number of benzene rings is 1. The molecule has 106 valence electrons. The zero-order chi connectivity index (χ0) is 14.8. The van der Waals surface area contributed by atoms with Crippen molar-refractivity contribution in [1.29, 1.82) is 0 Å². The van der Waals surface area contributed by atoms with Gasteiger partial charge in [-0.2, -0.15) is 0 Å². The molecule has 0 saturated heterocycles. The first kappa shape index (κ1) is 15.8. The summed E-state index contributed by atoms with van der Waals surface area (Å²) in [4.78, 5) is 2.86. The van der Waals surface area contributed by atoms with Crippen molar-refractivity contribution in [2.75, 3.05) is 0 Å². The van der Waals surface area contributed by atoms with Crippen molar-refractivity contribution in [2.45, 2.75) is 20.8 Å². The van der Waals surface area contributed by atoms with Gasteiger partial charge in [-0.25, -0.2) is 0 Å². The first-order valence-corrected chi connectivity index (χ1v) is 6.77. The Hall–Kier alpha value is -2.22. The van der Waals surface area contributed by atoms with Crippen LogP contribution in [0.5, 0.6) is 0 Å². The molecule has 2 heteroatoms. The lowest BCUT2D eigenvalue weighted by molar-refractivity contribution is 0.928. The Labute approximate surface area is 122 Å². The molecule has 2 aromatic heterocycles. The van der Waals surface area contributed by atoms with Gasteiger partial charge in [0, 0.05) is 31.8 Å². The van der Waals surface area contributed by atoms with Crippen molar-refractivity contribution < 1.29 is 0 Å². The predicted molar refractivity (Wildman–Crippen MR) is 86.9 cm³/mol. The fourth-order valence-electron chi connectivity index (χ4n) is 1.90. The van der Waals surface area contributed by atoms with Gasteiger partial charge in [-0.05, 0) is 45.0 Å². The summed E-state index contributed by atoms with van der Waals surface area (Å²) in [6, 6.07) is 14.5. The second kappa shape index (κ2) is 8.81. The van der Waals surface area contributed by atoms with Gasteiger partial charge in [0.1, 0.15) is 0 Å². The van der Waals surface area contributed by atoms with Crippen LogP contribution in [0, 0.1) is 20.8 Å². The Kier molecular flexibility index (Phi) is 6.97. The summed E-state index contributed by atoms with van der Waals surface area (Å²) < 4.78 is 2.00. The average molecular weight is 268 g/mol. The van der Waals surface area contributed by atoms with Crippen LogP contribution >= 0.6 is 0 Å². The zero-order valence-corrected chi connectivity index (χ0v) is 12.8. The molecule has 3 rings (SSSR count). The van der Waals surface area contributed by atoms with Gasteiger partial charge >= 0.3 is 0 Å². The van der Waals surface area contributed by atoms with Gasteiger partial charge in [0.2, 0.25) is 0 Å². The van der Waals surface area contributed by atoms with E-state index in [-0.39, 0.29) is 0 Å². The van der Waals surface area contributed by atoms with Gasteiger partial charge in [-0.15, -0.1) is 0 Å². The fourth-order valence-corrected chi connectivity index (χ4v) is 1.90. The summed E-state index contributed by atoms with van der Waals surface area (Å²) in [5.74, 6) is 0. The van der Waals surface area contributed by atoms with Crippen LogP contribution in [-0.4, -0.2) is 9.55 Å². The fraction of sp³-hybridized carbons (Fsp3) is 0.222. The van der Waals surface area contributed by atoms with E-state index in [4.69, 9.17) is 0 Å². The SMILES string of the molecule is Cc1cc(C)cc(C)c1.Cn1cccc1.c1cc[nH]c1. The van der Waals surface area contributed by atoms with E-state index in [0.29, 0.717) is 0 Å². The van der Waals surface area contributed by atoms with E-state index < -0.39 is 0 Å². The number of nitrogens with one attached hydrogen (secondary N) is 1. The number of hydrogen-bond donors (Lipinski definition) is 1. The molecule has 2 nitrogen and oxygen atoms in total. The van der Waals surface area contributed by atoms with Crippen LogP contribution in [0.4, 0.5) is 0 Å². The summed E-state index contributed by atoms with van der Waals surface area (Å²) in [5, 5.41) is 0. The van der Waals surface area contributed by atoms with Crippen LogP contribution in [0.2, 0.25) is 0 Å². The highest BCUT2D eigenvalue weighted by Crippen LogP contribution is 2.06. The predicted octanol–water partition coefficient (Wildman–Crippen LogP) is 4.65. The number of nitrogens with zero attached hydrogens (tertiary/aromatic N) is 1. The van der Waals surface area contributed by atoms with Gasteiger partial charge in [0.15, 0.2) is 0 Å². The molecule has 2 heterocycles. The minimum Gasteiger partial charge on any atom is -0.368 e. The number of hydrogen-bond acceptors (Lipinski definition) is 0. The molecular formula is C18H24N2. The van der Waals surface area contributed by atoms with Crippen LogP contribution in [0.15, 0.2) is 67.3 Å². The third-order valence-corrected chi connectivity index (χ3v) is 2.62. The van der Waals surface area contributed by atoms with Crippen molar-refractivity contribution in [1.82, 2.24) is 9.55 Å². The van der Waals surface area contributed by atoms with Crippen LogP contribution in [-0.2, 0) is 7.05 Å². The van der Waals surface area contributed by atoms with E-state index in [9.17, 15) is 0 Å². The standard InChI is InChI=1S/C9H12.C5H7N.C4H5N/c1-7-4-8(2)6-9(3)5-7;1-6-4-2-3-5-6;1-2-4-5-3-1/h4-6H,1-3H3;2-5H,1H3;1-5H. The molecule has 0 fully saturated rings. The van der Waals surface area contributed by atoms with E-state index in [1.165, 1.54) is 16.7 Å². The third-order valence-electron chi connectivity index (χ3n) is 2.62. The summed E-state index contributed by atoms with van der Waals surface area (Å²) in [5.41, 5.74) is 4.06. The molecule has 1 N–H and O–H groups in total. The molecule has 0 spiro atoms. The highest BCUT2D eigenvalue weighted by atomic mass is 14.9. The van der Waals surface area contributed by atoms with E-state index >= 15 is 0 Å². The van der Waals surface area contributed by atoms with Crippen molar-refractivity contribution >= 4 is 0 Å². The van der Waals surface area contributed by atoms with Crippen molar-refractivity contribution in [3.8, 4) is 0 Å².